The Hall–Kier alpha value is -3.39. The first kappa shape index (κ1) is 44.7. The first-order valence-electron chi connectivity index (χ1n) is 16.1. The summed E-state index contributed by atoms with van der Waals surface area (Å²) in [6.45, 7) is 16.6. The number of nitrogens with zero attached hydrogens (tertiary/aromatic N) is 2. The SMILES string of the molecule is CC.CCCCC(NC(=O)C1CCCN1C(=O)C(NC(=O)NC(CN(C)C)C(C)C)C(C)(C)C)C(=O)C(N)=O.O=CCOCC=O. The van der Waals surface area contributed by atoms with Crippen LogP contribution in [0.15, 0.2) is 0 Å². The predicted molar refractivity (Wildman–Crippen MR) is 177 cm³/mol. The van der Waals surface area contributed by atoms with Crippen molar-refractivity contribution in [3.63, 3.8) is 0 Å². The average Bonchev–Trinajstić information content (AvgIpc) is 3.48. The number of carbonyl (C=O) groups excluding carboxylic acids is 7. The van der Waals surface area contributed by atoms with Gasteiger partial charge in [-0.05, 0) is 44.7 Å². The lowest BCUT2D eigenvalue weighted by Gasteiger charge is -2.36. The van der Waals surface area contributed by atoms with Crippen molar-refractivity contribution in [1.29, 1.82) is 0 Å². The number of rotatable bonds is 17. The summed E-state index contributed by atoms with van der Waals surface area (Å²) in [5, 5.41) is 8.47. The zero-order valence-corrected chi connectivity index (χ0v) is 29.6. The van der Waals surface area contributed by atoms with Gasteiger partial charge in [-0.25, -0.2) is 4.79 Å². The fraction of sp³-hybridized carbons (Fsp3) is 0.781. The van der Waals surface area contributed by atoms with Gasteiger partial charge in [0.15, 0.2) is 0 Å². The third-order valence-electron chi connectivity index (χ3n) is 7.00. The molecule has 1 fully saturated rings. The van der Waals surface area contributed by atoms with E-state index in [0.717, 1.165) is 6.42 Å². The van der Waals surface area contributed by atoms with Crippen LogP contribution < -0.4 is 21.7 Å². The molecule has 5 N–H and O–H groups in total. The Morgan fingerprint density at radius 2 is 1.57 bits per heavy atom. The molecular weight excluding hydrogens is 596 g/mol. The van der Waals surface area contributed by atoms with Gasteiger partial charge in [-0.2, -0.15) is 0 Å². The highest BCUT2D eigenvalue weighted by Crippen LogP contribution is 2.26. The molecule has 0 radical (unpaired) electrons. The smallest absolute Gasteiger partial charge is 0.315 e. The molecule has 4 unspecified atom stereocenters. The Balaban J connectivity index is 0. The van der Waals surface area contributed by atoms with Gasteiger partial charge < -0.3 is 45.8 Å². The van der Waals surface area contributed by atoms with Crippen LogP contribution in [-0.4, -0.2) is 116 Å². The quantitative estimate of drug-likeness (QED) is 0.102. The van der Waals surface area contributed by atoms with Gasteiger partial charge in [0, 0.05) is 19.1 Å². The van der Waals surface area contributed by atoms with Crippen LogP contribution in [0.2, 0.25) is 0 Å². The van der Waals surface area contributed by atoms with E-state index in [2.05, 4.69) is 20.7 Å². The average molecular weight is 657 g/mol. The largest absolute Gasteiger partial charge is 0.367 e. The van der Waals surface area contributed by atoms with Gasteiger partial charge >= 0.3 is 6.03 Å². The fourth-order valence-electron chi connectivity index (χ4n) is 4.56. The number of carbonyl (C=O) groups is 7. The number of nitrogens with one attached hydrogen (secondary N) is 3. The number of unbranched alkanes of at least 4 members (excludes halogenated alkanes) is 1. The molecule has 0 aromatic heterocycles. The number of primary amides is 1. The Bertz CT molecular complexity index is 959. The van der Waals surface area contributed by atoms with Crippen molar-refractivity contribution in [2.45, 2.75) is 112 Å². The van der Waals surface area contributed by atoms with Crippen molar-refractivity contribution in [3.8, 4) is 0 Å². The molecule has 1 saturated heterocycles. The molecule has 266 valence electrons. The van der Waals surface area contributed by atoms with Crippen LogP contribution in [0.3, 0.4) is 0 Å². The van der Waals surface area contributed by atoms with Crippen molar-refractivity contribution in [2.75, 3.05) is 40.4 Å². The van der Waals surface area contributed by atoms with Crippen molar-refractivity contribution < 1.29 is 38.3 Å². The summed E-state index contributed by atoms with van der Waals surface area (Å²) in [6, 6.07) is -3.26. The Morgan fingerprint density at radius 3 is 2.00 bits per heavy atom. The number of ether oxygens (including phenoxy) is 1. The Kier molecular flexibility index (Phi) is 23.2. The van der Waals surface area contributed by atoms with Crippen LogP contribution in [0.25, 0.3) is 0 Å². The summed E-state index contributed by atoms with van der Waals surface area (Å²) in [5.74, 6) is -2.61. The standard InChI is InChI=1S/C26H48N6O5.C4H6O3.C2H6/c1-9-10-12-17(20(33)22(27)34)28-23(35)19-13-11-14-32(19)24(36)21(26(4,5)6)30-25(37)29-18(16(2)3)15-31(7)8;5-1-3-7-4-2-6;1-2/h16-19,21H,9-15H2,1-8H3,(H2,27,34)(H,28,35)(H2,29,30,37);1-2H,3-4H2;1-2H3. The van der Waals surface area contributed by atoms with Gasteiger partial charge in [0.1, 0.15) is 37.9 Å². The summed E-state index contributed by atoms with van der Waals surface area (Å²) in [5.41, 5.74) is 4.55. The molecule has 1 aliphatic rings. The molecule has 46 heavy (non-hydrogen) atoms. The molecule has 5 amide bonds. The summed E-state index contributed by atoms with van der Waals surface area (Å²) in [6.07, 6.45) is 3.93. The maximum absolute atomic E-state index is 13.7. The van der Waals surface area contributed by atoms with E-state index in [1.165, 1.54) is 4.90 Å². The van der Waals surface area contributed by atoms with Gasteiger partial charge in [-0.15, -0.1) is 0 Å². The maximum atomic E-state index is 13.7. The number of amides is 5. The number of Topliss-reactive ketones (excluding diaryl/α,β-unsaturated/α-hetero) is 1. The van der Waals surface area contributed by atoms with Gasteiger partial charge in [0.05, 0.1) is 6.04 Å². The minimum Gasteiger partial charge on any atom is -0.367 e. The van der Waals surface area contributed by atoms with E-state index in [1.807, 2.05) is 74.4 Å². The summed E-state index contributed by atoms with van der Waals surface area (Å²) in [7, 11) is 3.86. The topological polar surface area (TPSA) is 197 Å². The zero-order chi connectivity index (χ0) is 36.0. The number of urea groups is 1. The maximum Gasteiger partial charge on any atom is 0.315 e. The van der Waals surface area contributed by atoms with Crippen LogP contribution in [0.4, 0.5) is 4.79 Å². The first-order valence-corrected chi connectivity index (χ1v) is 16.1. The van der Waals surface area contributed by atoms with Crippen molar-refractivity contribution in [1.82, 2.24) is 25.8 Å². The van der Waals surface area contributed by atoms with Crippen LogP contribution in [0, 0.1) is 11.3 Å². The second-order valence-electron chi connectivity index (χ2n) is 12.5. The number of ketones is 1. The zero-order valence-electron chi connectivity index (χ0n) is 29.6. The van der Waals surface area contributed by atoms with Crippen molar-refractivity contribution in [2.24, 2.45) is 17.1 Å². The molecule has 14 nitrogen and oxygen atoms in total. The highest BCUT2D eigenvalue weighted by atomic mass is 16.5. The van der Waals surface area contributed by atoms with Crippen molar-refractivity contribution in [3.05, 3.63) is 0 Å². The predicted octanol–water partition coefficient (Wildman–Crippen LogP) is 1.43. The lowest BCUT2D eigenvalue weighted by molar-refractivity contribution is -0.143. The fourth-order valence-corrected chi connectivity index (χ4v) is 4.56. The highest BCUT2D eigenvalue weighted by Gasteiger charge is 2.42. The number of likely N-dealkylation sites (N-methyl/N-ethyl adjacent to an activating group) is 1. The molecule has 1 aliphatic heterocycles. The molecule has 0 aromatic carbocycles. The second kappa shape index (κ2) is 23.9. The third-order valence-corrected chi connectivity index (χ3v) is 7.00. The Morgan fingerprint density at radius 1 is 1.00 bits per heavy atom. The molecule has 0 spiro atoms. The van der Waals surface area contributed by atoms with Gasteiger partial charge in [0.25, 0.3) is 5.91 Å². The van der Waals surface area contributed by atoms with Crippen LogP contribution in [-0.2, 0) is 33.5 Å². The van der Waals surface area contributed by atoms with Gasteiger partial charge in [-0.3, -0.25) is 19.2 Å². The number of hydrogen-bond donors (Lipinski definition) is 4. The van der Waals surface area contributed by atoms with Crippen LogP contribution in [0.5, 0.6) is 0 Å². The third kappa shape index (κ3) is 17.3. The van der Waals surface area contributed by atoms with E-state index in [4.69, 9.17) is 5.73 Å². The van der Waals surface area contributed by atoms with E-state index in [0.29, 0.717) is 51.3 Å². The van der Waals surface area contributed by atoms with E-state index < -0.39 is 47.2 Å². The van der Waals surface area contributed by atoms with E-state index in [1.54, 1.807) is 0 Å². The lowest BCUT2D eigenvalue weighted by Crippen LogP contribution is -2.61. The minimum atomic E-state index is -1.10. The van der Waals surface area contributed by atoms with Gasteiger partial charge in [-0.1, -0.05) is 68.2 Å². The summed E-state index contributed by atoms with van der Waals surface area (Å²) >= 11 is 0. The molecule has 1 rings (SSSR count). The molecular formula is C32H60N6O8. The molecule has 0 bridgehead atoms. The summed E-state index contributed by atoms with van der Waals surface area (Å²) in [4.78, 5) is 85.9. The molecule has 14 heteroatoms. The summed E-state index contributed by atoms with van der Waals surface area (Å²) < 4.78 is 4.40. The molecule has 0 saturated carbocycles. The second-order valence-corrected chi connectivity index (χ2v) is 12.5. The van der Waals surface area contributed by atoms with Gasteiger partial charge in [0.2, 0.25) is 17.6 Å². The lowest BCUT2D eigenvalue weighted by atomic mass is 9.85. The molecule has 0 aromatic rings. The molecule has 1 heterocycles. The highest BCUT2D eigenvalue weighted by molar-refractivity contribution is 6.37. The number of aldehydes is 2. The number of hydrogen-bond acceptors (Lipinski definition) is 9. The van der Waals surface area contributed by atoms with Crippen LogP contribution in [0.1, 0.15) is 87.5 Å². The molecule has 4 atom stereocenters. The normalized spacial score (nSPS) is 16.1. The number of nitrogens with two attached hydrogens (primary N) is 1. The van der Waals surface area contributed by atoms with Crippen LogP contribution >= 0.6 is 0 Å². The molecule has 0 aliphatic carbocycles. The first-order chi connectivity index (χ1) is 21.5. The monoisotopic (exact) mass is 656 g/mol. The minimum absolute atomic E-state index is 0.0126. The van der Waals surface area contributed by atoms with E-state index in [-0.39, 0.29) is 31.1 Å². The van der Waals surface area contributed by atoms with Crippen molar-refractivity contribution >= 4 is 42.1 Å². The van der Waals surface area contributed by atoms with E-state index >= 15 is 0 Å². The van der Waals surface area contributed by atoms with E-state index in [9.17, 15) is 33.6 Å². The Labute approximate surface area is 275 Å². The number of likely N-dealkylation sites (tertiary alicyclic amines) is 1.